The lowest BCUT2D eigenvalue weighted by molar-refractivity contribution is 1.15. The maximum absolute atomic E-state index is 6.14. The Balaban J connectivity index is 2.31. The summed E-state index contributed by atoms with van der Waals surface area (Å²) in [4.78, 5) is 4.06. The van der Waals surface area contributed by atoms with E-state index in [1.807, 2.05) is 18.2 Å². The van der Waals surface area contributed by atoms with Crippen LogP contribution < -0.4 is 5.73 Å². The van der Waals surface area contributed by atoms with E-state index in [1.165, 1.54) is 0 Å². The number of nitrogens with zero attached hydrogens (tertiary/aromatic N) is 1. The van der Waals surface area contributed by atoms with Crippen LogP contribution in [-0.2, 0) is 6.42 Å². The molecule has 1 heterocycles. The number of benzene rings is 1. The zero-order chi connectivity index (χ0) is 11.5. The average Bonchev–Trinajstić information content (AvgIpc) is 2.25. The highest BCUT2D eigenvalue weighted by Gasteiger charge is 2.05. The number of rotatable bonds is 2. The number of nitrogen functional groups attached to an aromatic ring is 1. The molecule has 0 amide bonds. The molecule has 0 aliphatic heterocycles. The fourth-order valence-corrected chi connectivity index (χ4v) is 2.20. The standard InChI is InChI=1S/C12H10BrClN2/c13-10-2-1-8(11(14)6-10)5-9-7-16-4-3-12(9)15/h1-4,6-7H,5H2,(H2,15,16). The third-order valence-corrected chi connectivity index (χ3v) is 3.18. The molecule has 0 spiro atoms. The summed E-state index contributed by atoms with van der Waals surface area (Å²) < 4.78 is 0.973. The van der Waals surface area contributed by atoms with Crippen LogP contribution in [0.5, 0.6) is 0 Å². The molecule has 1 aromatic carbocycles. The summed E-state index contributed by atoms with van der Waals surface area (Å²) in [6.45, 7) is 0. The van der Waals surface area contributed by atoms with Crippen molar-refractivity contribution in [3.63, 3.8) is 0 Å². The molecule has 2 N–H and O–H groups in total. The van der Waals surface area contributed by atoms with Gasteiger partial charge in [0.1, 0.15) is 0 Å². The predicted octanol–water partition coefficient (Wildman–Crippen LogP) is 3.67. The van der Waals surface area contributed by atoms with Gasteiger partial charge in [0.15, 0.2) is 0 Å². The van der Waals surface area contributed by atoms with Crippen molar-refractivity contribution in [2.75, 3.05) is 5.73 Å². The highest BCUT2D eigenvalue weighted by molar-refractivity contribution is 9.10. The van der Waals surface area contributed by atoms with E-state index in [0.717, 1.165) is 26.3 Å². The van der Waals surface area contributed by atoms with Crippen LogP contribution in [0.1, 0.15) is 11.1 Å². The Bertz CT molecular complexity index is 514. The van der Waals surface area contributed by atoms with Crippen molar-refractivity contribution in [3.8, 4) is 0 Å². The van der Waals surface area contributed by atoms with Crippen LogP contribution in [0.2, 0.25) is 5.02 Å². The van der Waals surface area contributed by atoms with Crippen molar-refractivity contribution in [2.45, 2.75) is 6.42 Å². The van der Waals surface area contributed by atoms with Crippen LogP contribution in [-0.4, -0.2) is 4.98 Å². The Labute approximate surface area is 108 Å². The normalized spacial score (nSPS) is 10.4. The number of aromatic nitrogens is 1. The lowest BCUT2D eigenvalue weighted by Gasteiger charge is -2.07. The maximum Gasteiger partial charge on any atom is 0.0452 e. The van der Waals surface area contributed by atoms with Crippen LogP contribution in [0.3, 0.4) is 0 Å². The molecule has 0 bridgehead atoms. The van der Waals surface area contributed by atoms with Gasteiger partial charge in [-0.05, 0) is 29.3 Å². The minimum atomic E-state index is 0.700. The van der Waals surface area contributed by atoms with Gasteiger partial charge in [-0.1, -0.05) is 33.6 Å². The molecule has 0 radical (unpaired) electrons. The molecule has 0 aliphatic rings. The van der Waals surface area contributed by atoms with E-state index in [4.69, 9.17) is 17.3 Å². The van der Waals surface area contributed by atoms with Crippen LogP contribution in [0, 0.1) is 0 Å². The SMILES string of the molecule is Nc1ccncc1Cc1ccc(Br)cc1Cl. The Kier molecular flexibility index (Phi) is 3.46. The van der Waals surface area contributed by atoms with Gasteiger partial charge in [-0.2, -0.15) is 0 Å². The maximum atomic E-state index is 6.14. The zero-order valence-electron chi connectivity index (χ0n) is 8.45. The minimum absolute atomic E-state index is 0.700. The second-order valence-electron chi connectivity index (χ2n) is 3.49. The van der Waals surface area contributed by atoms with Gasteiger partial charge < -0.3 is 5.73 Å². The van der Waals surface area contributed by atoms with Crippen LogP contribution in [0.15, 0.2) is 41.1 Å². The molecule has 1 aromatic heterocycles. The second-order valence-corrected chi connectivity index (χ2v) is 4.81. The van der Waals surface area contributed by atoms with Crippen molar-refractivity contribution in [2.24, 2.45) is 0 Å². The molecular weight excluding hydrogens is 288 g/mol. The smallest absolute Gasteiger partial charge is 0.0452 e. The Morgan fingerprint density at radius 2 is 2.06 bits per heavy atom. The number of nitrogens with two attached hydrogens (primary N) is 1. The van der Waals surface area contributed by atoms with E-state index < -0.39 is 0 Å². The average molecular weight is 298 g/mol. The van der Waals surface area contributed by atoms with Crippen molar-refractivity contribution in [3.05, 3.63) is 57.3 Å². The molecule has 2 rings (SSSR count). The van der Waals surface area contributed by atoms with E-state index in [2.05, 4.69) is 20.9 Å². The van der Waals surface area contributed by atoms with E-state index in [1.54, 1.807) is 18.5 Å². The van der Waals surface area contributed by atoms with Gasteiger partial charge in [0, 0.05) is 34.0 Å². The lowest BCUT2D eigenvalue weighted by Crippen LogP contribution is -1.96. The quantitative estimate of drug-likeness (QED) is 0.918. The van der Waals surface area contributed by atoms with E-state index in [0.29, 0.717) is 6.42 Å². The van der Waals surface area contributed by atoms with Crippen LogP contribution in [0.4, 0.5) is 5.69 Å². The number of halogens is 2. The van der Waals surface area contributed by atoms with Gasteiger partial charge >= 0.3 is 0 Å². The molecule has 0 unspecified atom stereocenters. The van der Waals surface area contributed by atoms with Gasteiger partial charge in [-0.25, -0.2) is 0 Å². The number of hydrogen-bond acceptors (Lipinski definition) is 2. The van der Waals surface area contributed by atoms with Crippen molar-refractivity contribution in [1.82, 2.24) is 4.98 Å². The number of anilines is 1. The van der Waals surface area contributed by atoms with E-state index >= 15 is 0 Å². The Morgan fingerprint density at radius 1 is 1.25 bits per heavy atom. The van der Waals surface area contributed by atoms with Crippen molar-refractivity contribution < 1.29 is 0 Å². The third kappa shape index (κ3) is 2.54. The summed E-state index contributed by atoms with van der Waals surface area (Å²) >= 11 is 9.52. The highest BCUT2D eigenvalue weighted by atomic mass is 79.9. The third-order valence-electron chi connectivity index (χ3n) is 2.34. The molecule has 16 heavy (non-hydrogen) atoms. The molecule has 0 saturated heterocycles. The molecule has 0 atom stereocenters. The van der Waals surface area contributed by atoms with Crippen molar-refractivity contribution in [1.29, 1.82) is 0 Å². The van der Waals surface area contributed by atoms with Gasteiger partial charge in [0.25, 0.3) is 0 Å². The first-order valence-corrected chi connectivity index (χ1v) is 5.96. The van der Waals surface area contributed by atoms with Crippen LogP contribution in [0.25, 0.3) is 0 Å². The second kappa shape index (κ2) is 4.85. The summed E-state index contributed by atoms with van der Waals surface area (Å²) in [5, 5.41) is 0.734. The summed E-state index contributed by atoms with van der Waals surface area (Å²) in [6.07, 6.45) is 4.15. The van der Waals surface area contributed by atoms with E-state index in [9.17, 15) is 0 Å². The lowest BCUT2D eigenvalue weighted by atomic mass is 10.1. The van der Waals surface area contributed by atoms with Gasteiger partial charge in [0.2, 0.25) is 0 Å². The highest BCUT2D eigenvalue weighted by Crippen LogP contribution is 2.24. The fourth-order valence-electron chi connectivity index (χ4n) is 1.46. The Hall–Kier alpha value is -1.06. The number of pyridine rings is 1. The molecule has 0 aliphatic carbocycles. The predicted molar refractivity (Wildman–Crippen MR) is 70.6 cm³/mol. The van der Waals surface area contributed by atoms with Gasteiger partial charge in [-0.3, -0.25) is 4.98 Å². The summed E-state index contributed by atoms with van der Waals surface area (Å²) in [5.74, 6) is 0. The molecule has 0 fully saturated rings. The minimum Gasteiger partial charge on any atom is -0.398 e. The van der Waals surface area contributed by atoms with Gasteiger partial charge in [-0.15, -0.1) is 0 Å². The van der Waals surface area contributed by atoms with Crippen molar-refractivity contribution >= 4 is 33.2 Å². The first kappa shape index (κ1) is 11.4. The molecule has 2 nitrogen and oxygen atoms in total. The summed E-state index contributed by atoms with van der Waals surface area (Å²) in [7, 11) is 0. The summed E-state index contributed by atoms with van der Waals surface area (Å²) in [6, 6.07) is 7.62. The zero-order valence-corrected chi connectivity index (χ0v) is 10.8. The molecule has 0 saturated carbocycles. The topological polar surface area (TPSA) is 38.9 Å². The largest absolute Gasteiger partial charge is 0.398 e. The molecule has 4 heteroatoms. The van der Waals surface area contributed by atoms with Gasteiger partial charge in [0.05, 0.1) is 0 Å². The van der Waals surface area contributed by atoms with E-state index in [-0.39, 0.29) is 0 Å². The number of hydrogen-bond donors (Lipinski definition) is 1. The van der Waals surface area contributed by atoms with Crippen LogP contribution >= 0.6 is 27.5 Å². The summed E-state index contributed by atoms with van der Waals surface area (Å²) in [5.41, 5.74) is 8.64. The Morgan fingerprint density at radius 3 is 2.75 bits per heavy atom. The molecule has 82 valence electrons. The first-order chi connectivity index (χ1) is 7.66. The molecular formula is C12H10BrClN2. The first-order valence-electron chi connectivity index (χ1n) is 4.79. The fraction of sp³-hybridized carbons (Fsp3) is 0.0833. The molecule has 2 aromatic rings. The monoisotopic (exact) mass is 296 g/mol.